The average molecular weight is 551 g/mol. The maximum atomic E-state index is 11.9. The molecule has 0 aliphatic carbocycles. The van der Waals surface area contributed by atoms with Crippen LogP contribution in [0.1, 0.15) is 37.0 Å². The van der Waals surface area contributed by atoms with E-state index in [0.29, 0.717) is 30.8 Å². The van der Waals surface area contributed by atoms with E-state index in [9.17, 15) is 15.0 Å². The predicted molar refractivity (Wildman–Crippen MR) is 165 cm³/mol. The molecular formula is C36H38O5. The number of esters is 1. The van der Waals surface area contributed by atoms with Gasteiger partial charge >= 0.3 is 5.97 Å². The Bertz CT molecular complexity index is 1460. The lowest BCUT2D eigenvalue weighted by Gasteiger charge is -2.17. The fraction of sp³-hybridized carbons (Fsp3) is 0.278. The molecule has 0 fully saturated rings. The van der Waals surface area contributed by atoms with Crippen LogP contribution in [-0.2, 0) is 22.4 Å². The summed E-state index contributed by atoms with van der Waals surface area (Å²) in [5.74, 6) is 0.0473. The van der Waals surface area contributed by atoms with Crippen molar-refractivity contribution in [2.45, 2.75) is 33.1 Å². The number of benzene rings is 3. The zero-order chi connectivity index (χ0) is 29.6. The highest BCUT2D eigenvalue weighted by molar-refractivity contribution is 5.86. The Balaban J connectivity index is 1.88. The van der Waals surface area contributed by atoms with Crippen molar-refractivity contribution in [3.05, 3.63) is 113 Å². The van der Waals surface area contributed by atoms with Crippen LogP contribution >= 0.6 is 0 Å². The van der Waals surface area contributed by atoms with E-state index < -0.39 is 5.97 Å². The van der Waals surface area contributed by atoms with Crippen molar-refractivity contribution in [1.29, 1.82) is 0 Å². The second-order valence-corrected chi connectivity index (χ2v) is 9.80. The van der Waals surface area contributed by atoms with E-state index in [4.69, 9.17) is 9.47 Å². The van der Waals surface area contributed by atoms with Crippen molar-refractivity contribution in [3.8, 4) is 28.0 Å². The smallest absolute Gasteiger partial charge is 0.333 e. The van der Waals surface area contributed by atoms with E-state index in [1.54, 1.807) is 6.92 Å². The first kappa shape index (κ1) is 31.2. The zero-order valence-electron chi connectivity index (χ0n) is 23.9. The summed E-state index contributed by atoms with van der Waals surface area (Å²) in [7, 11) is 0. The first-order valence-corrected chi connectivity index (χ1v) is 13.8. The third-order valence-corrected chi connectivity index (χ3v) is 6.75. The van der Waals surface area contributed by atoms with E-state index in [1.807, 2.05) is 30.3 Å². The topological polar surface area (TPSA) is 76.0 Å². The van der Waals surface area contributed by atoms with Crippen LogP contribution in [0.15, 0.2) is 96.6 Å². The van der Waals surface area contributed by atoms with Gasteiger partial charge < -0.3 is 19.7 Å². The first-order valence-electron chi connectivity index (χ1n) is 13.8. The summed E-state index contributed by atoms with van der Waals surface area (Å²) in [5, 5.41) is 18.7. The normalized spacial score (nSPS) is 10.4. The lowest BCUT2D eigenvalue weighted by Crippen LogP contribution is -2.15. The van der Waals surface area contributed by atoms with Gasteiger partial charge in [-0.25, -0.2) is 4.79 Å². The molecule has 0 aliphatic heterocycles. The lowest BCUT2D eigenvalue weighted by molar-refractivity contribution is -0.138. The molecule has 0 saturated carbocycles. The molecule has 5 nitrogen and oxygen atoms in total. The van der Waals surface area contributed by atoms with Crippen molar-refractivity contribution in [3.63, 3.8) is 0 Å². The number of hydrogen-bond donors (Lipinski definition) is 2. The summed E-state index contributed by atoms with van der Waals surface area (Å²) >= 11 is 0. The summed E-state index contributed by atoms with van der Waals surface area (Å²) in [5.41, 5.74) is 16.1. The number of carbonyl (C=O) groups is 1. The highest BCUT2D eigenvalue weighted by Gasteiger charge is 2.13. The molecule has 0 amide bonds. The van der Waals surface area contributed by atoms with Gasteiger partial charge in [-0.3, -0.25) is 0 Å². The fourth-order valence-corrected chi connectivity index (χ4v) is 4.33. The van der Waals surface area contributed by atoms with Crippen molar-refractivity contribution in [1.82, 2.24) is 0 Å². The van der Waals surface area contributed by atoms with Gasteiger partial charge in [0, 0.05) is 31.1 Å². The van der Waals surface area contributed by atoms with Crippen molar-refractivity contribution < 1.29 is 24.5 Å². The van der Waals surface area contributed by atoms with Crippen LogP contribution in [0.2, 0.25) is 0 Å². The van der Waals surface area contributed by atoms with Crippen molar-refractivity contribution >= 4 is 12.0 Å². The molecule has 3 rings (SSSR count). The minimum Gasteiger partial charge on any atom is -0.493 e. The van der Waals surface area contributed by atoms with Crippen LogP contribution in [0.5, 0.6) is 5.75 Å². The Morgan fingerprint density at radius 1 is 0.951 bits per heavy atom. The minimum atomic E-state index is -0.421. The standard InChI is InChI=1S/C36H38O5/c1-5-7-8-9-27-10-12-30(13-11-27)31-14-16-34(29(6-2)22-31)32-15-17-35(40-20-18-28(24-37)25-38)33(23-32)19-21-41-36(39)26(3)4/h9-17,22-23,28,37-38H,1,3,6,18-21,24-25H2,2,4H3. The van der Waals surface area contributed by atoms with E-state index in [-0.39, 0.29) is 25.7 Å². The van der Waals surface area contributed by atoms with Crippen LogP contribution in [-0.4, -0.2) is 42.6 Å². The number of aliphatic hydroxyl groups excluding tert-OH is 2. The van der Waals surface area contributed by atoms with E-state index >= 15 is 0 Å². The molecule has 0 heterocycles. The number of ether oxygens (including phenoxy) is 2. The number of hydrogen-bond acceptors (Lipinski definition) is 5. The molecule has 212 valence electrons. The third-order valence-electron chi connectivity index (χ3n) is 6.75. The molecule has 3 aromatic carbocycles. The second-order valence-electron chi connectivity index (χ2n) is 9.80. The quantitative estimate of drug-likeness (QED) is 0.132. The van der Waals surface area contributed by atoms with Gasteiger partial charge in [0.15, 0.2) is 0 Å². The Kier molecular flexibility index (Phi) is 12.2. The van der Waals surface area contributed by atoms with Gasteiger partial charge in [0.1, 0.15) is 5.75 Å². The summed E-state index contributed by atoms with van der Waals surface area (Å²) in [6, 6.07) is 20.8. The maximum Gasteiger partial charge on any atom is 0.333 e. The molecule has 3 aromatic rings. The van der Waals surface area contributed by atoms with Gasteiger partial charge in [0.25, 0.3) is 0 Å². The Morgan fingerprint density at radius 2 is 1.63 bits per heavy atom. The predicted octanol–water partition coefficient (Wildman–Crippen LogP) is 6.72. The van der Waals surface area contributed by atoms with Crippen LogP contribution in [0.3, 0.4) is 0 Å². The van der Waals surface area contributed by atoms with E-state index in [0.717, 1.165) is 39.8 Å². The van der Waals surface area contributed by atoms with Crippen LogP contribution in [0.25, 0.3) is 28.3 Å². The summed E-state index contributed by atoms with van der Waals surface area (Å²) in [4.78, 5) is 11.9. The maximum absolute atomic E-state index is 11.9. The van der Waals surface area contributed by atoms with Gasteiger partial charge in [0.05, 0.1) is 13.2 Å². The van der Waals surface area contributed by atoms with Crippen molar-refractivity contribution in [2.24, 2.45) is 5.92 Å². The Hall–Kier alpha value is -4.33. The molecule has 0 saturated heterocycles. The number of carbonyl (C=O) groups excluding carboxylic acids is 1. The van der Waals surface area contributed by atoms with Gasteiger partial charge in [-0.2, -0.15) is 0 Å². The molecule has 0 aromatic heterocycles. The average Bonchev–Trinajstić information content (AvgIpc) is 3.00. The third kappa shape index (κ3) is 9.10. The number of aryl methyl sites for hydroxylation is 1. The Morgan fingerprint density at radius 3 is 2.29 bits per heavy atom. The molecule has 0 bridgehead atoms. The van der Waals surface area contributed by atoms with Gasteiger partial charge in [-0.1, -0.05) is 73.5 Å². The minimum absolute atomic E-state index is 0.0931. The molecule has 2 N–H and O–H groups in total. The van der Waals surface area contributed by atoms with Crippen LogP contribution < -0.4 is 4.74 Å². The van der Waals surface area contributed by atoms with Gasteiger partial charge in [-0.05, 0) is 89.2 Å². The van der Waals surface area contributed by atoms with Gasteiger partial charge in [0.2, 0.25) is 0 Å². The Labute approximate surface area is 243 Å². The largest absolute Gasteiger partial charge is 0.493 e. The first-order chi connectivity index (χ1) is 19.9. The fourth-order valence-electron chi connectivity index (χ4n) is 4.33. The molecular weight excluding hydrogens is 512 g/mol. The molecule has 5 heteroatoms. The van der Waals surface area contributed by atoms with E-state index in [2.05, 4.69) is 73.7 Å². The zero-order valence-corrected chi connectivity index (χ0v) is 23.9. The molecule has 0 aliphatic rings. The lowest BCUT2D eigenvalue weighted by atomic mass is 9.92. The van der Waals surface area contributed by atoms with Gasteiger partial charge in [-0.15, -0.1) is 0 Å². The molecule has 41 heavy (non-hydrogen) atoms. The van der Waals surface area contributed by atoms with Crippen LogP contribution in [0, 0.1) is 5.92 Å². The molecule has 0 spiro atoms. The summed E-state index contributed by atoms with van der Waals surface area (Å²) in [6.07, 6.45) is 3.70. The molecule has 0 atom stereocenters. The molecule has 0 unspecified atom stereocenters. The second kappa shape index (κ2) is 16.1. The van der Waals surface area contributed by atoms with Crippen LogP contribution in [0.4, 0.5) is 0 Å². The highest BCUT2D eigenvalue weighted by Crippen LogP contribution is 2.33. The summed E-state index contributed by atoms with van der Waals surface area (Å²) < 4.78 is 11.4. The number of rotatable bonds is 14. The highest BCUT2D eigenvalue weighted by atomic mass is 16.5. The van der Waals surface area contributed by atoms with E-state index in [1.165, 1.54) is 5.56 Å². The van der Waals surface area contributed by atoms with Crippen molar-refractivity contribution in [2.75, 3.05) is 26.4 Å². The monoisotopic (exact) mass is 550 g/mol. The SMILES string of the molecule is C=C=C=C=Cc1ccc(-c2ccc(-c3ccc(OCCC(CO)CO)c(CCOC(=O)C(=C)C)c3)c(CC)c2)cc1. The number of aliphatic hydroxyl groups is 2. The molecule has 0 radical (unpaired) electrons. The summed E-state index contributed by atoms with van der Waals surface area (Å²) in [6.45, 7) is 11.3.